The molecule has 1 heterocycles. The van der Waals surface area contributed by atoms with Gasteiger partial charge in [-0.25, -0.2) is 0 Å². The molecule has 2 aromatic carbocycles. The minimum Gasteiger partial charge on any atom is -0.364 e. The SMILES string of the molecule is CC(c1cccc(C(F)(F)F)c1)N(C(=O)c1ccc2c(c1)NC(=O)CN2C)C1CC1. The Balaban J connectivity index is 1.65. The van der Waals surface area contributed by atoms with Gasteiger partial charge in [-0.15, -0.1) is 0 Å². The van der Waals surface area contributed by atoms with Gasteiger partial charge in [0.05, 0.1) is 29.5 Å². The van der Waals surface area contributed by atoms with Crippen molar-refractivity contribution in [3.63, 3.8) is 0 Å². The van der Waals surface area contributed by atoms with Gasteiger partial charge in [0.1, 0.15) is 0 Å². The number of halogens is 3. The first-order valence-electron chi connectivity index (χ1n) is 9.80. The van der Waals surface area contributed by atoms with Gasteiger partial charge in [-0.1, -0.05) is 12.1 Å². The van der Waals surface area contributed by atoms with Gasteiger partial charge in [-0.3, -0.25) is 9.59 Å². The molecule has 5 nitrogen and oxygen atoms in total. The van der Waals surface area contributed by atoms with Gasteiger partial charge >= 0.3 is 6.18 Å². The molecule has 4 rings (SSSR count). The summed E-state index contributed by atoms with van der Waals surface area (Å²) in [5.74, 6) is -0.418. The largest absolute Gasteiger partial charge is 0.416 e. The van der Waals surface area contributed by atoms with Crippen LogP contribution in [0.4, 0.5) is 24.5 Å². The number of rotatable bonds is 4. The summed E-state index contributed by atoms with van der Waals surface area (Å²) in [6.45, 7) is 1.99. The first-order valence-corrected chi connectivity index (χ1v) is 9.80. The Hall–Kier alpha value is -3.03. The van der Waals surface area contributed by atoms with E-state index in [9.17, 15) is 22.8 Å². The number of alkyl halides is 3. The molecule has 1 saturated carbocycles. The molecule has 0 radical (unpaired) electrons. The lowest BCUT2D eigenvalue weighted by atomic mass is 10.0. The third kappa shape index (κ3) is 3.86. The molecule has 2 aromatic rings. The Labute approximate surface area is 172 Å². The number of nitrogens with zero attached hydrogens (tertiary/aromatic N) is 2. The lowest BCUT2D eigenvalue weighted by Gasteiger charge is -2.31. The number of likely N-dealkylation sites (N-methyl/N-ethyl adjacent to an activating group) is 1. The number of hydrogen-bond acceptors (Lipinski definition) is 3. The van der Waals surface area contributed by atoms with Gasteiger partial charge in [0.2, 0.25) is 5.91 Å². The van der Waals surface area contributed by atoms with Crippen LogP contribution in [-0.2, 0) is 11.0 Å². The van der Waals surface area contributed by atoms with E-state index in [1.807, 2.05) is 0 Å². The Bertz CT molecular complexity index is 1000. The highest BCUT2D eigenvalue weighted by Gasteiger charge is 2.38. The smallest absolute Gasteiger partial charge is 0.364 e. The van der Waals surface area contributed by atoms with E-state index in [1.165, 1.54) is 6.07 Å². The van der Waals surface area contributed by atoms with E-state index in [0.29, 0.717) is 16.8 Å². The Kier molecular flexibility index (Phi) is 4.95. The predicted octanol–water partition coefficient (Wildman–Crippen LogP) is 4.46. The van der Waals surface area contributed by atoms with Crippen LogP contribution in [0.2, 0.25) is 0 Å². The number of fused-ring (bicyclic) bond motifs is 1. The van der Waals surface area contributed by atoms with Crippen molar-refractivity contribution in [3.05, 3.63) is 59.2 Å². The van der Waals surface area contributed by atoms with Crippen molar-refractivity contribution >= 4 is 23.2 Å². The van der Waals surface area contributed by atoms with E-state index in [2.05, 4.69) is 5.32 Å². The topological polar surface area (TPSA) is 52.7 Å². The molecule has 0 aromatic heterocycles. The summed E-state index contributed by atoms with van der Waals surface area (Å²) in [5, 5.41) is 2.78. The van der Waals surface area contributed by atoms with Gasteiger partial charge in [0.15, 0.2) is 0 Å². The maximum absolute atomic E-state index is 13.3. The Morgan fingerprint density at radius 3 is 2.60 bits per heavy atom. The fraction of sp³-hybridized carbons (Fsp3) is 0.364. The van der Waals surface area contributed by atoms with Crippen molar-refractivity contribution in [2.24, 2.45) is 0 Å². The average molecular weight is 417 g/mol. The summed E-state index contributed by atoms with van der Waals surface area (Å²) in [7, 11) is 1.80. The molecule has 1 aliphatic heterocycles. The maximum atomic E-state index is 13.3. The van der Waals surface area contributed by atoms with Gasteiger partial charge < -0.3 is 15.1 Å². The summed E-state index contributed by atoms with van der Waals surface area (Å²) in [6, 6.07) is 9.72. The second kappa shape index (κ2) is 7.34. The van der Waals surface area contributed by atoms with Crippen molar-refractivity contribution in [1.82, 2.24) is 4.90 Å². The normalized spacial score (nSPS) is 17.2. The molecule has 1 atom stereocenters. The van der Waals surface area contributed by atoms with Crippen LogP contribution in [0.3, 0.4) is 0 Å². The van der Waals surface area contributed by atoms with E-state index < -0.39 is 17.8 Å². The molecule has 0 bridgehead atoms. The molecule has 1 unspecified atom stereocenters. The second-order valence-electron chi connectivity index (χ2n) is 7.88. The van der Waals surface area contributed by atoms with Crippen LogP contribution in [0, 0.1) is 0 Å². The zero-order valence-electron chi connectivity index (χ0n) is 16.7. The summed E-state index contributed by atoms with van der Waals surface area (Å²) in [4.78, 5) is 28.6. The summed E-state index contributed by atoms with van der Waals surface area (Å²) in [6.07, 6.45) is -2.80. The van der Waals surface area contributed by atoms with Crippen LogP contribution >= 0.6 is 0 Å². The van der Waals surface area contributed by atoms with Crippen LogP contribution in [0.15, 0.2) is 42.5 Å². The predicted molar refractivity (Wildman–Crippen MR) is 107 cm³/mol. The van der Waals surface area contributed by atoms with Gasteiger partial charge in [0.25, 0.3) is 5.91 Å². The number of carbonyl (C=O) groups excluding carboxylic acids is 2. The molecule has 158 valence electrons. The Morgan fingerprint density at radius 2 is 1.93 bits per heavy atom. The van der Waals surface area contributed by atoms with Gasteiger partial charge in [-0.05, 0) is 55.7 Å². The van der Waals surface area contributed by atoms with Crippen LogP contribution in [0.5, 0.6) is 0 Å². The molecular weight excluding hydrogens is 395 g/mol. The van der Waals surface area contributed by atoms with Crippen molar-refractivity contribution in [1.29, 1.82) is 0 Å². The van der Waals surface area contributed by atoms with Gasteiger partial charge in [0, 0.05) is 18.7 Å². The van der Waals surface area contributed by atoms with Crippen molar-refractivity contribution in [2.45, 2.75) is 38.0 Å². The molecule has 1 N–H and O–H groups in total. The minimum atomic E-state index is -4.44. The van der Waals surface area contributed by atoms with E-state index in [1.54, 1.807) is 48.0 Å². The zero-order valence-corrected chi connectivity index (χ0v) is 16.7. The van der Waals surface area contributed by atoms with Crippen molar-refractivity contribution < 1.29 is 22.8 Å². The Morgan fingerprint density at radius 1 is 1.20 bits per heavy atom. The standard InChI is InChI=1S/C22H22F3N3O2/c1-13(14-4-3-5-16(10-14)22(23,24)25)28(17-7-8-17)21(30)15-6-9-19-18(11-15)26-20(29)12-27(19)2/h3-6,9-11,13,17H,7-8,12H2,1-2H3,(H,26,29). The lowest BCUT2D eigenvalue weighted by Crippen LogP contribution is -2.37. The monoisotopic (exact) mass is 417 g/mol. The molecule has 1 fully saturated rings. The van der Waals surface area contributed by atoms with Crippen molar-refractivity contribution in [3.8, 4) is 0 Å². The van der Waals surface area contributed by atoms with Crippen molar-refractivity contribution in [2.75, 3.05) is 23.8 Å². The summed E-state index contributed by atoms with van der Waals surface area (Å²) in [5.41, 5.74) is 1.48. The fourth-order valence-electron chi connectivity index (χ4n) is 3.89. The number of benzene rings is 2. The molecule has 2 aliphatic rings. The number of amides is 2. The lowest BCUT2D eigenvalue weighted by molar-refractivity contribution is -0.137. The first kappa shape index (κ1) is 20.3. The molecule has 0 spiro atoms. The zero-order chi connectivity index (χ0) is 21.6. The van der Waals surface area contributed by atoms with Crippen LogP contribution in [0.25, 0.3) is 0 Å². The first-order chi connectivity index (χ1) is 14.1. The third-order valence-electron chi connectivity index (χ3n) is 5.60. The molecule has 2 amide bonds. The molecule has 8 heteroatoms. The van der Waals surface area contributed by atoms with Crippen LogP contribution < -0.4 is 10.2 Å². The summed E-state index contributed by atoms with van der Waals surface area (Å²) < 4.78 is 39.4. The van der Waals surface area contributed by atoms with Gasteiger partial charge in [-0.2, -0.15) is 13.2 Å². The quantitative estimate of drug-likeness (QED) is 0.799. The van der Waals surface area contributed by atoms with E-state index in [0.717, 1.165) is 30.7 Å². The fourth-order valence-corrected chi connectivity index (χ4v) is 3.89. The van der Waals surface area contributed by atoms with E-state index in [4.69, 9.17) is 0 Å². The number of carbonyl (C=O) groups is 2. The molecule has 30 heavy (non-hydrogen) atoms. The van der Waals surface area contributed by atoms with Crippen LogP contribution in [-0.4, -0.2) is 36.3 Å². The third-order valence-corrected chi connectivity index (χ3v) is 5.60. The van der Waals surface area contributed by atoms with Crippen LogP contribution in [0.1, 0.15) is 47.3 Å². The molecular formula is C22H22F3N3O2. The molecule has 1 aliphatic carbocycles. The highest BCUT2D eigenvalue weighted by atomic mass is 19.4. The molecule has 0 saturated heterocycles. The average Bonchev–Trinajstić information content (AvgIpc) is 3.52. The van der Waals surface area contributed by atoms with E-state index >= 15 is 0 Å². The summed E-state index contributed by atoms with van der Waals surface area (Å²) >= 11 is 0. The second-order valence-corrected chi connectivity index (χ2v) is 7.88. The number of hydrogen-bond donors (Lipinski definition) is 1. The van der Waals surface area contributed by atoms with E-state index in [-0.39, 0.29) is 24.4 Å². The maximum Gasteiger partial charge on any atom is 0.416 e. The number of anilines is 2. The highest BCUT2D eigenvalue weighted by molar-refractivity contribution is 6.04. The minimum absolute atomic E-state index is 0.00431. The highest BCUT2D eigenvalue weighted by Crippen LogP contribution is 2.38. The number of nitrogens with one attached hydrogen (secondary N) is 1.